The second-order valence-corrected chi connectivity index (χ2v) is 5.58. The Morgan fingerprint density at radius 3 is 2.42 bits per heavy atom. The van der Waals surface area contributed by atoms with E-state index in [1.54, 1.807) is 0 Å². The van der Waals surface area contributed by atoms with E-state index in [1.807, 2.05) is 67.3 Å². The summed E-state index contributed by atoms with van der Waals surface area (Å²) in [5, 5.41) is 4.50. The molecule has 2 aromatic carbocycles. The van der Waals surface area contributed by atoms with Gasteiger partial charge in [-0.25, -0.2) is 4.57 Å². The standard InChI is InChI=1S/C20H16N4/c1-2-6-17(7-3-1)23-20-18-8-4-5-9-19(18)24(15-22-20)14-16-10-12-21-13-11-16/h1-13,15H,14H2/p+1. The molecule has 4 nitrogen and oxygen atoms in total. The number of nitrogens with one attached hydrogen (secondary N) is 1. The SMILES string of the molecule is c1ccc(Nc2nc[n+](Cc3ccncc3)c3ccccc23)cc1. The van der Waals surface area contributed by atoms with Gasteiger partial charge in [-0.05, 0) is 46.9 Å². The summed E-state index contributed by atoms with van der Waals surface area (Å²) in [7, 11) is 0. The van der Waals surface area contributed by atoms with Gasteiger partial charge in [0.05, 0.1) is 5.39 Å². The number of nitrogens with zero attached hydrogens (tertiary/aromatic N) is 3. The molecule has 0 amide bonds. The molecule has 0 spiro atoms. The second kappa shape index (κ2) is 6.46. The Labute approximate surface area is 140 Å². The first-order valence-corrected chi connectivity index (χ1v) is 7.88. The molecule has 0 saturated heterocycles. The third kappa shape index (κ3) is 2.94. The van der Waals surface area contributed by atoms with Crippen LogP contribution >= 0.6 is 0 Å². The first kappa shape index (κ1) is 14.3. The zero-order valence-electron chi connectivity index (χ0n) is 13.1. The lowest BCUT2D eigenvalue weighted by molar-refractivity contribution is -0.665. The predicted octanol–water partition coefficient (Wildman–Crippen LogP) is 3.71. The lowest BCUT2D eigenvalue weighted by Crippen LogP contribution is -2.35. The maximum atomic E-state index is 4.63. The van der Waals surface area contributed by atoms with Crippen molar-refractivity contribution in [2.75, 3.05) is 5.32 Å². The van der Waals surface area contributed by atoms with E-state index in [0.717, 1.165) is 29.0 Å². The average Bonchev–Trinajstić information content (AvgIpc) is 2.65. The highest BCUT2D eigenvalue weighted by molar-refractivity contribution is 5.88. The summed E-state index contributed by atoms with van der Waals surface area (Å²) in [5.41, 5.74) is 3.37. The van der Waals surface area contributed by atoms with Crippen LogP contribution in [0.3, 0.4) is 0 Å². The summed E-state index contributed by atoms with van der Waals surface area (Å²) >= 11 is 0. The number of aromatic nitrogens is 3. The van der Waals surface area contributed by atoms with Crippen LogP contribution in [0.4, 0.5) is 11.5 Å². The number of rotatable bonds is 4. The van der Waals surface area contributed by atoms with E-state index in [0.29, 0.717) is 0 Å². The molecule has 0 aliphatic heterocycles. The molecular formula is C20H17N4+. The first-order valence-electron chi connectivity index (χ1n) is 7.88. The van der Waals surface area contributed by atoms with Gasteiger partial charge in [-0.3, -0.25) is 4.98 Å². The molecule has 0 aliphatic rings. The molecule has 2 heterocycles. The molecule has 0 aliphatic carbocycles. The molecular weight excluding hydrogens is 296 g/mol. The van der Waals surface area contributed by atoms with E-state index in [2.05, 4.69) is 38.1 Å². The van der Waals surface area contributed by atoms with Crippen LogP contribution < -0.4 is 9.88 Å². The third-order valence-electron chi connectivity index (χ3n) is 3.93. The Morgan fingerprint density at radius 1 is 0.833 bits per heavy atom. The summed E-state index contributed by atoms with van der Waals surface area (Å²) in [6, 6.07) is 22.5. The lowest BCUT2D eigenvalue weighted by Gasteiger charge is -2.07. The summed E-state index contributed by atoms with van der Waals surface area (Å²) in [5.74, 6) is 0.864. The van der Waals surface area contributed by atoms with Gasteiger partial charge in [-0.15, -0.1) is 0 Å². The molecule has 24 heavy (non-hydrogen) atoms. The monoisotopic (exact) mass is 313 g/mol. The van der Waals surface area contributed by atoms with Gasteiger partial charge in [0.25, 0.3) is 12.1 Å². The van der Waals surface area contributed by atoms with E-state index in [9.17, 15) is 0 Å². The van der Waals surface area contributed by atoms with Crippen molar-refractivity contribution in [1.82, 2.24) is 9.97 Å². The molecule has 0 radical (unpaired) electrons. The van der Waals surface area contributed by atoms with Gasteiger partial charge in [-0.2, -0.15) is 0 Å². The highest BCUT2D eigenvalue weighted by atomic mass is 15.1. The van der Waals surface area contributed by atoms with Crippen molar-refractivity contribution < 1.29 is 4.57 Å². The summed E-state index contributed by atoms with van der Waals surface area (Å²) in [6.07, 6.45) is 5.52. The van der Waals surface area contributed by atoms with Gasteiger partial charge >= 0.3 is 0 Å². The Bertz CT molecular complexity index is 873. The molecule has 4 aromatic rings. The van der Waals surface area contributed by atoms with Crippen molar-refractivity contribution in [2.45, 2.75) is 6.54 Å². The lowest BCUT2D eigenvalue weighted by atomic mass is 10.2. The van der Waals surface area contributed by atoms with Crippen molar-refractivity contribution in [2.24, 2.45) is 0 Å². The average molecular weight is 313 g/mol. The summed E-state index contributed by atoms with van der Waals surface area (Å²) < 4.78 is 2.15. The Balaban J connectivity index is 1.74. The van der Waals surface area contributed by atoms with E-state index >= 15 is 0 Å². The Morgan fingerprint density at radius 2 is 1.58 bits per heavy atom. The Kier molecular flexibility index (Phi) is 3.86. The van der Waals surface area contributed by atoms with E-state index < -0.39 is 0 Å². The number of pyridine rings is 1. The largest absolute Gasteiger partial charge is 0.319 e. The smallest absolute Gasteiger partial charge is 0.289 e. The molecule has 0 atom stereocenters. The zero-order chi connectivity index (χ0) is 16.2. The minimum atomic E-state index is 0.766. The van der Waals surface area contributed by atoms with Crippen LogP contribution in [0, 0.1) is 0 Å². The molecule has 2 aromatic heterocycles. The molecule has 0 fully saturated rings. The number of hydrogen-bond donors (Lipinski definition) is 1. The van der Waals surface area contributed by atoms with E-state index in [-0.39, 0.29) is 0 Å². The molecule has 0 bridgehead atoms. The van der Waals surface area contributed by atoms with Crippen LogP contribution in [0.2, 0.25) is 0 Å². The fourth-order valence-electron chi connectivity index (χ4n) is 2.75. The van der Waals surface area contributed by atoms with Crippen LogP contribution in [0.15, 0.2) is 85.5 Å². The summed E-state index contributed by atoms with van der Waals surface area (Å²) in [4.78, 5) is 8.71. The molecule has 116 valence electrons. The second-order valence-electron chi connectivity index (χ2n) is 5.58. The molecule has 0 saturated carbocycles. The van der Waals surface area contributed by atoms with Crippen molar-refractivity contribution in [1.29, 1.82) is 0 Å². The van der Waals surface area contributed by atoms with Crippen molar-refractivity contribution in [3.8, 4) is 0 Å². The molecule has 1 N–H and O–H groups in total. The van der Waals surface area contributed by atoms with Crippen molar-refractivity contribution in [3.05, 3.63) is 91.0 Å². The highest BCUT2D eigenvalue weighted by Gasteiger charge is 2.14. The van der Waals surface area contributed by atoms with Gasteiger partial charge in [0.1, 0.15) is 12.1 Å². The predicted molar refractivity (Wildman–Crippen MR) is 95.0 cm³/mol. The number of para-hydroxylation sites is 2. The number of fused-ring (bicyclic) bond motifs is 1. The van der Waals surface area contributed by atoms with Gasteiger partial charge < -0.3 is 5.32 Å². The topological polar surface area (TPSA) is 41.7 Å². The zero-order valence-corrected chi connectivity index (χ0v) is 13.1. The molecule has 0 unspecified atom stereocenters. The van der Waals surface area contributed by atoms with Gasteiger partial charge in [0.15, 0.2) is 0 Å². The quantitative estimate of drug-likeness (QED) is 0.584. The van der Waals surface area contributed by atoms with Gasteiger partial charge in [0.2, 0.25) is 0 Å². The van der Waals surface area contributed by atoms with Gasteiger partial charge in [0, 0.05) is 18.1 Å². The van der Waals surface area contributed by atoms with Crippen molar-refractivity contribution >= 4 is 22.4 Å². The Hall–Kier alpha value is -3.27. The normalized spacial score (nSPS) is 10.7. The minimum Gasteiger partial charge on any atom is -0.319 e. The fraction of sp³-hybridized carbons (Fsp3) is 0.0500. The van der Waals surface area contributed by atoms with Crippen LogP contribution in [-0.4, -0.2) is 9.97 Å². The van der Waals surface area contributed by atoms with Crippen LogP contribution in [0.5, 0.6) is 0 Å². The van der Waals surface area contributed by atoms with Crippen LogP contribution in [0.25, 0.3) is 10.9 Å². The maximum Gasteiger partial charge on any atom is 0.289 e. The van der Waals surface area contributed by atoms with E-state index in [4.69, 9.17) is 0 Å². The third-order valence-corrected chi connectivity index (χ3v) is 3.93. The number of hydrogen-bond acceptors (Lipinski definition) is 3. The van der Waals surface area contributed by atoms with Crippen LogP contribution in [0.1, 0.15) is 5.56 Å². The first-order chi connectivity index (χ1) is 11.9. The fourth-order valence-corrected chi connectivity index (χ4v) is 2.75. The molecule has 4 rings (SSSR count). The molecule has 4 heteroatoms. The minimum absolute atomic E-state index is 0.766. The number of anilines is 2. The van der Waals surface area contributed by atoms with Crippen molar-refractivity contribution in [3.63, 3.8) is 0 Å². The maximum absolute atomic E-state index is 4.63. The summed E-state index contributed by atoms with van der Waals surface area (Å²) in [6.45, 7) is 0.766. The number of benzene rings is 2. The highest BCUT2D eigenvalue weighted by Crippen LogP contribution is 2.21. The van der Waals surface area contributed by atoms with Gasteiger partial charge in [-0.1, -0.05) is 30.3 Å². The van der Waals surface area contributed by atoms with Crippen LogP contribution in [-0.2, 0) is 6.54 Å². The van der Waals surface area contributed by atoms with E-state index in [1.165, 1.54) is 5.56 Å².